The molecule has 3 rings (SSSR count). The third-order valence-corrected chi connectivity index (χ3v) is 5.17. The van der Waals surface area contributed by atoms with Gasteiger partial charge >= 0.3 is 18.4 Å². The van der Waals surface area contributed by atoms with E-state index in [-0.39, 0.29) is 24.9 Å². The van der Waals surface area contributed by atoms with Crippen LogP contribution in [0, 0.1) is 0 Å². The maximum atomic E-state index is 12.4. The lowest BCUT2D eigenvalue weighted by molar-refractivity contribution is -0.122. The van der Waals surface area contributed by atoms with Gasteiger partial charge in [-0.1, -0.05) is 12.6 Å². The Kier molecular flexibility index (Phi) is 8.11. The molecule has 37 heavy (non-hydrogen) atoms. The van der Waals surface area contributed by atoms with E-state index in [4.69, 9.17) is 5.73 Å². The summed E-state index contributed by atoms with van der Waals surface area (Å²) in [5.41, 5.74) is 7.02. The number of carbonyl (C=O) groups excluding carboxylic acids is 1. The summed E-state index contributed by atoms with van der Waals surface area (Å²) in [5.74, 6) is -0.960. The van der Waals surface area contributed by atoms with Crippen LogP contribution in [0.3, 0.4) is 0 Å². The van der Waals surface area contributed by atoms with Crippen molar-refractivity contribution >= 4 is 23.4 Å². The highest BCUT2D eigenvalue weighted by molar-refractivity contribution is 5.98. The molecule has 8 nitrogen and oxygen atoms in total. The zero-order chi connectivity index (χ0) is 27.4. The van der Waals surface area contributed by atoms with Crippen molar-refractivity contribution in [1.82, 2.24) is 10.2 Å². The van der Waals surface area contributed by atoms with Crippen LogP contribution in [0.5, 0.6) is 0 Å². The van der Waals surface area contributed by atoms with E-state index in [1.165, 1.54) is 12.1 Å². The monoisotopic (exact) mass is 528 g/mol. The summed E-state index contributed by atoms with van der Waals surface area (Å²) >= 11 is 0. The van der Waals surface area contributed by atoms with E-state index in [1.807, 2.05) is 0 Å². The number of carbonyl (C=O) groups is 1. The molecule has 2 aliphatic heterocycles. The average molecular weight is 528 g/mol. The standard InChI is InChI=1S/C23H22F6N6O2/c1-13(2-4-31-20(30)23(27,28)29)15-3-5-35-18(10-32-19(35)9-15)16-6-14(11-36)7-17(8-16)34-21(37)33-12-22(24,25)26/h2-9,18,36H,1,10-12H2,(H2,30,31)(H2,33,34,37)/b4-2-. The fourth-order valence-electron chi connectivity index (χ4n) is 3.43. The maximum Gasteiger partial charge on any atom is 0.448 e. The Morgan fingerprint density at radius 1 is 1.27 bits per heavy atom. The number of hydrogen-bond acceptors (Lipinski definition) is 5. The second-order valence-electron chi connectivity index (χ2n) is 7.93. The van der Waals surface area contributed by atoms with Crippen LogP contribution in [-0.2, 0) is 6.61 Å². The maximum absolute atomic E-state index is 12.4. The van der Waals surface area contributed by atoms with Crippen molar-refractivity contribution in [3.63, 3.8) is 0 Å². The molecule has 0 bridgehead atoms. The number of nitrogens with two attached hydrogens (primary N) is 1. The summed E-state index contributed by atoms with van der Waals surface area (Å²) in [6.45, 7) is 2.22. The predicted molar refractivity (Wildman–Crippen MR) is 126 cm³/mol. The van der Waals surface area contributed by atoms with Crippen LogP contribution in [0.15, 0.2) is 76.5 Å². The molecule has 0 radical (unpaired) electrons. The lowest BCUT2D eigenvalue weighted by Gasteiger charge is -2.27. The quantitative estimate of drug-likeness (QED) is 0.185. The molecule has 0 fully saturated rings. The van der Waals surface area contributed by atoms with Crippen molar-refractivity contribution in [3.05, 3.63) is 77.7 Å². The van der Waals surface area contributed by atoms with Gasteiger partial charge in [0.05, 0.1) is 19.2 Å². The molecule has 2 aliphatic rings. The highest BCUT2D eigenvalue weighted by Crippen LogP contribution is 2.33. The number of allylic oxidation sites excluding steroid dienone is 4. The minimum absolute atomic E-state index is 0.184. The SMILES string of the molecule is C=C(/C=C\N=C(/N)C(F)(F)F)C1=CC2=NCC(c3cc(CO)cc(NC(=O)NCC(F)(F)F)c3)N2C=C1. The lowest BCUT2D eigenvalue weighted by Crippen LogP contribution is -2.36. The van der Waals surface area contributed by atoms with E-state index < -0.39 is 30.8 Å². The number of aliphatic imine (C=N–C) groups is 2. The third-order valence-electron chi connectivity index (χ3n) is 5.17. The molecular weight excluding hydrogens is 506 g/mol. The second-order valence-corrected chi connectivity index (χ2v) is 7.93. The molecule has 1 aromatic carbocycles. The minimum atomic E-state index is -4.74. The number of fused-ring (bicyclic) bond motifs is 1. The number of benzene rings is 1. The summed E-state index contributed by atoms with van der Waals surface area (Å²) in [6, 6.07) is 3.27. The second kappa shape index (κ2) is 10.9. The molecule has 5 N–H and O–H groups in total. The van der Waals surface area contributed by atoms with Gasteiger partial charge in [0.25, 0.3) is 0 Å². The molecule has 1 unspecified atom stereocenters. The van der Waals surface area contributed by atoms with Crippen molar-refractivity contribution in [2.24, 2.45) is 15.7 Å². The van der Waals surface area contributed by atoms with Gasteiger partial charge in [-0.2, -0.15) is 26.3 Å². The van der Waals surface area contributed by atoms with Gasteiger partial charge in [-0.25, -0.2) is 9.79 Å². The Balaban J connectivity index is 1.72. The first-order chi connectivity index (χ1) is 17.3. The Morgan fingerprint density at radius 2 is 2.00 bits per heavy atom. The molecule has 1 atom stereocenters. The number of halogens is 6. The number of hydrogen-bond donors (Lipinski definition) is 4. The van der Waals surface area contributed by atoms with Gasteiger partial charge in [-0.05, 0) is 52.6 Å². The number of nitrogens with one attached hydrogen (secondary N) is 2. The van der Waals surface area contributed by atoms with Crippen molar-refractivity contribution in [1.29, 1.82) is 0 Å². The van der Waals surface area contributed by atoms with E-state index in [1.54, 1.807) is 40.7 Å². The topological polar surface area (TPSA) is 115 Å². The Morgan fingerprint density at radius 3 is 2.65 bits per heavy atom. The summed E-state index contributed by atoms with van der Waals surface area (Å²) in [7, 11) is 0. The zero-order valence-corrected chi connectivity index (χ0v) is 19.1. The van der Waals surface area contributed by atoms with Gasteiger partial charge in [0, 0.05) is 18.1 Å². The van der Waals surface area contributed by atoms with Gasteiger partial charge in [0.1, 0.15) is 12.4 Å². The number of alkyl halides is 6. The molecule has 14 heteroatoms. The van der Waals surface area contributed by atoms with Crippen LogP contribution in [0.25, 0.3) is 0 Å². The molecule has 0 saturated heterocycles. The summed E-state index contributed by atoms with van der Waals surface area (Å²) in [5, 5.41) is 13.7. The van der Waals surface area contributed by atoms with Crippen molar-refractivity contribution in [2.75, 3.05) is 18.4 Å². The molecule has 0 saturated carbocycles. The number of amidine groups is 2. The number of aliphatic hydroxyl groups is 1. The van der Waals surface area contributed by atoms with Crippen molar-refractivity contribution < 1.29 is 36.2 Å². The molecule has 0 aromatic heterocycles. The Labute approximate surface area is 207 Å². The van der Waals surface area contributed by atoms with E-state index >= 15 is 0 Å². The fraction of sp³-hybridized carbons (Fsp3) is 0.261. The summed E-state index contributed by atoms with van der Waals surface area (Å²) in [6.07, 6.45) is -2.12. The fourth-order valence-corrected chi connectivity index (χ4v) is 3.43. The van der Waals surface area contributed by atoms with Crippen molar-refractivity contribution in [2.45, 2.75) is 25.0 Å². The van der Waals surface area contributed by atoms with Crippen molar-refractivity contribution in [3.8, 4) is 0 Å². The predicted octanol–water partition coefficient (Wildman–Crippen LogP) is 4.06. The number of rotatable bonds is 7. The van der Waals surface area contributed by atoms with Gasteiger partial charge in [0.2, 0.25) is 5.84 Å². The number of aliphatic hydroxyl groups excluding tert-OH is 1. The van der Waals surface area contributed by atoms with Crippen LogP contribution in [0.2, 0.25) is 0 Å². The molecule has 2 heterocycles. The van der Waals surface area contributed by atoms with Gasteiger partial charge in [-0.15, -0.1) is 0 Å². The Bertz CT molecular complexity index is 1210. The largest absolute Gasteiger partial charge is 0.448 e. The smallest absolute Gasteiger partial charge is 0.392 e. The highest BCUT2D eigenvalue weighted by atomic mass is 19.4. The summed E-state index contributed by atoms with van der Waals surface area (Å²) in [4.78, 5) is 21.3. The minimum Gasteiger partial charge on any atom is -0.392 e. The van der Waals surface area contributed by atoms with Crippen LogP contribution in [-0.4, -0.2) is 53.2 Å². The molecular formula is C23H22F6N6O2. The third kappa shape index (κ3) is 7.46. The number of urea groups is 1. The first-order valence-corrected chi connectivity index (χ1v) is 10.6. The number of anilines is 1. The van der Waals surface area contributed by atoms with Crippen LogP contribution < -0.4 is 16.4 Å². The zero-order valence-electron chi connectivity index (χ0n) is 19.1. The van der Waals surface area contributed by atoms with Crippen LogP contribution in [0.1, 0.15) is 17.2 Å². The first-order valence-electron chi connectivity index (χ1n) is 10.6. The number of nitrogens with zero attached hydrogens (tertiary/aromatic N) is 3. The molecule has 1 aromatic rings. The summed E-state index contributed by atoms with van der Waals surface area (Å²) < 4.78 is 74.3. The van der Waals surface area contributed by atoms with Gasteiger partial charge in [0.15, 0.2) is 0 Å². The molecule has 2 amide bonds. The molecule has 0 aliphatic carbocycles. The van der Waals surface area contributed by atoms with Crippen LogP contribution >= 0.6 is 0 Å². The average Bonchev–Trinajstić information content (AvgIpc) is 3.24. The first kappa shape index (κ1) is 27.5. The van der Waals surface area contributed by atoms with Gasteiger partial charge in [-0.3, -0.25) is 4.99 Å². The molecule has 198 valence electrons. The van der Waals surface area contributed by atoms with E-state index in [9.17, 15) is 36.2 Å². The van der Waals surface area contributed by atoms with E-state index in [0.717, 1.165) is 6.20 Å². The number of amides is 2. The molecule has 0 spiro atoms. The lowest BCUT2D eigenvalue weighted by atomic mass is 10.0. The normalized spacial score (nSPS) is 18.0. The van der Waals surface area contributed by atoms with E-state index in [0.29, 0.717) is 28.1 Å². The van der Waals surface area contributed by atoms with Gasteiger partial charge < -0.3 is 26.4 Å². The van der Waals surface area contributed by atoms with Crippen LogP contribution in [0.4, 0.5) is 36.8 Å². The van der Waals surface area contributed by atoms with E-state index in [2.05, 4.69) is 21.9 Å². The highest BCUT2D eigenvalue weighted by Gasteiger charge is 2.33. The Hall–Kier alpha value is -4.07.